The zero-order chi connectivity index (χ0) is 19.4. The number of hydrogen-bond donors (Lipinski definition) is 1. The second kappa shape index (κ2) is 8.05. The highest BCUT2D eigenvalue weighted by Gasteiger charge is 2.33. The summed E-state index contributed by atoms with van der Waals surface area (Å²) >= 11 is 5.85. The van der Waals surface area contributed by atoms with E-state index < -0.39 is 24.6 Å². The number of aromatic nitrogens is 1. The van der Waals surface area contributed by atoms with Crippen molar-refractivity contribution in [2.75, 3.05) is 25.1 Å². The monoisotopic (exact) mass is 389 g/mol. The van der Waals surface area contributed by atoms with Crippen LogP contribution in [0.2, 0.25) is 5.15 Å². The van der Waals surface area contributed by atoms with Gasteiger partial charge in [0.05, 0.1) is 17.8 Å². The minimum Gasteiger partial charge on any atom is -0.477 e. The van der Waals surface area contributed by atoms with E-state index in [1.165, 1.54) is 30.3 Å². The van der Waals surface area contributed by atoms with Crippen LogP contribution in [-0.2, 0) is 14.3 Å². The molecule has 2 heterocycles. The number of ether oxygens (including phenoxy) is 2. The standard InChI is InChI=1S/C18H16ClN3O5/c1-20-17(24)14-9-22(12-6-2-3-7-13(12)27-14)15(23)10-26-18(25)11-5-4-8-21-16(11)19/h2-8,14H,9-10H2,1H3,(H,20,24). The number of esters is 1. The summed E-state index contributed by atoms with van der Waals surface area (Å²) in [6.45, 7) is -0.514. The third-order valence-electron chi connectivity index (χ3n) is 3.92. The first-order valence-corrected chi connectivity index (χ1v) is 8.44. The largest absolute Gasteiger partial charge is 0.477 e. The molecule has 1 aromatic heterocycles. The van der Waals surface area contributed by atoms with Gasteiger partial charge in [0.1, 0.15) is 10.9 Å². The predicted molar refractivity (Wildman–Crippen MR) is 96.8 cm³/mol. The van der Waals surface area contributed by atoms with Gasteiger partial charge in [0, 0.05) is 13.2 Å². The van der Waals surface area contributed by atoms with E-state index in [4.69, 9.17) is 21.1 Å². The maximum atomic E-state index is 12.7. The van der Waals surface area contributed by atoms with Gasteiger partial charge in [0.25, 0.3) is 11.8 Å². The van der Waals surface area contributed by atoms with Crippen LogP contribution >= 0.6 is 11.6 Å². The molecule has 1 N–H and O–H groups in total. The highest BCUT2D eigenvalue weighted by Crippen LogP contribution is 2.33. The summed E-state index contributed by atoms with van der Waals surface area (Å²) in [6, 6.07) is 9.81. The van der Waals surface area contributed by atoms with Crippen LogP contribution in [-0.4, -0.2) is 49.1 Å². The number of pyridine rings is 1. The summed E-state index contributed by atoms with van der Waals surface area (Å²) in [5.74, 6) is -1.22. The molecule has 0 spiro atoms. The fourth-order valence-electron chi connectivity index (χ4n) is 2.59. The number of carbonyl (C=O) groups excluding carboxylic acids is 3. The molecule has 0 fully saturated rings. The Morgan fingerprint density at radius 1 is 1.30 bits per heavy atom. The van der Waals surface area contributed by atoms with Crippen molar-refractivity contribution in [3.8, 4) is 5.75 Å². The number of nitrogens with zero attached hydrogens (tertiary/aromatic N) is 2. The molecule has 0 aliphatic carbocycles. The van der Waals surface area contributed by atoms with Gasteiger partial charge in [0.15, 0.2) is 12.7 Å². The van der Waals surface area contributed by atoms with E-state index >= 15 is 0 Å². The predicted octanol–water partition coefficient (Wildman–Crippen LogP) is 1.43. The average molecular weight is 390 g/mol. The molecular formula is C18H16ClN3O5. The number of hydrogen-bond acceptors (Lipinski definition) is 6. The Morgan fingerprint density at radius 3 is 2.81 bits per heavy atom. The summed E-state index contributed by atoms with van der Waals surface area (Å²) in [6.07, 6.45) is 0.575. The van der Waals surface area contributed by atoms with Crippen molar-refractivity contribution in [1.82, 2.24) is 10.3 Å². The van der Waals surface area contributed by atoms with E-state index in [1.54, 1.807) is 24.3 Å². The van der Waals surface area contributed by atoms with Crippen LogP contribution in [0.4, 0.5) is 5.69 Å². The van der Waals surface area contributed by atoms with Crippen molar-refractivity contribution >= 4 is 35.1 Å². The zero-order valence-electron chi connectivity index (χ0n) is 14.3. The average Bonchev–Trinajstić information content (AvgIpc) is 2.70. The summed E-state index contributed by atoms with van der Waals surface area (Å²) < 4.78 is 10.7. The Labute approximate surface area is 160 Å². The molecule has 2 amide bonds. The van der Waals surface area contributed by atoms with Crippen molar-refractivity contribution in [2.45, 2.75) is 6.10 Å². The SMILES string of the molecule is CNC(=O)C1CN(C(=O)COC(=O)c2cccnc2Cl)c2ccccc2O1. The lowest BCUT2D eigenvalue weighted by molar-refractivity contribution is -0.128. The third-order valence-corrected chi connectivity index (χ3v) is 4.22. The summed E-state index contributed by atoms with van der Waals surface area (Å²) in [5, 5.41) is 2.49. The first kappa shape index (κ1) is 18.7. The number of halogens is 1. The lowest BCUT2D eigenvalue weighted by atomic mass is 10.1. The second-order valence-electron chi connectivity index (χ2n) is 5.61. The van der Waals surface area contributed by atoms with Gasteiger partial charge in [-0.2, -0.15) is 0 Å². The molecule has 1 aliphatic rings. The number of benzene rings is 1. The summed E-state index contributed by atoms with van der Waals surface area (Å²) in [4.78, 5) is 41.9. The molecule has 140 valence electrons. The topological polar surface area (TPSA) is 97.8 Å². The van der Waals surface area contributed by atoms with Gasteiger partial charge < -0.3 is 19.7 Å². The van der Waals surface area contributed by atoms with E-state index in [0.29, 0.717) is 11.4 Å². The van der Waals surface area contributed by atoms with Crippen LogP contribution in [0.5, 0.6) is 5.75 Å². The number of rotatable bonds is 4. The molecule has 9 heteroatoms. The lowest BCUT2D eigenvalue weighted by Gasteiger charge is -2.33. The Bertz CT molecular complexity index is 889. The Morgan fingerprint density at radius 2 is 2.07 bits per heavy atom. The molecule has 8 nitrogen and oxygen atoms in total. The fraction of sp³-hybridized carbons (Fsp3) is 0.222. The van der Waals surface area contributed by atoms with Crippen molar-refractivity contribution in [3.63, 3.8) is 0 Å². The van der Waals surface area contributed by atoms with Gasteiger partial charge in [-0.3, -0.25) is 9.59 Å². The quantitative estimate of drug-likeness (QED) is 0.627. The zero-order valence-corrected chi connectivity index (χ0v) is 15.1. The van der Waals surface area contributed by atoms with E-state index in [-0.39, 0.29) is 23.2 Å². The maximum absolute atomic E-state index is 12.7. The molecule has 0 saturated heterocycles. The van der Waals surface area contributed by atoms with Crippen LogP contribution < -0.4 is 15.0 Å². The third kappa shape index (κ3) is 4.01. The Balaban J connectivity index is 1.74. The smallest absolute Gasteiger partial charge is 0.341 e. The van der Waals surface area contributed by atoms with E-state index in [2.05, 4.69) is 10.3 Å². The molecule has 0 saturated carbocycles. The van der Waals surface area contributed by atoms with Gasteiger partial charge in [-0.25, -0.2) is 9.78 Å². The van der Waals surface area contributed by atoms with Gasteiger partial charge in [-0.1, -0.05) is 23.7 Å². The minimum atomic E-state index is -0.864. The van der Waals surface area contributed by atoms with Gasteiger partial charge >= 0.3 is 5.97 Å². The molecule has 0 bridgehead atoms. The molecule has 2 aromatic rings. The molecule has 3 rings (SSSR count). The number of nitrogens with one attached hydrogen (secondary N) is 1. The van der Waals surface area contributed by atoms with E-state index in [9.17, 15) is 14.4 Å². The van der Waals surface area contributed by atoms with Gasteiger partial charge in [0.2, 0.25) is 0 Å². The first-order chi connectivity index (χ1) is 13.0. The fourth-order valence-corrected chi connectivity index (χ4v) is 2.79. The summed E-state index contributed by atoms with van der Waals surface area (Å²) in [7, 11) is 1.48. The van der Waals surface area contributed by atoms with Crippen LogP contribution in [0.3, 0.4) is 0 Å². The molecule has 1 atom stereocenters. The number of anilines is 1. The van der Waals surface area contributed by atoms with Crippen molar-refractivity contribution in [2.24, 2.45) is 0 Å². The van der Waals surface area contributed by atoms with E-state index in [1.807, 2.05) is 0 Å². The van der Waals surface area contributed by atoms with Crippen LogP contribution in [0, 0.1) is 0 Å². The number of carbonyl (C=O) groups is 3. The minimum absolute atomic E-state index is 0.000713. The highest BCUT2D eigenvalue weighted by atomic mass is 35.5. The molecular weight excluding hydrogens is 374 g/mol. The lowest BCUT2D eigenvalue weighted by Crippen LogP contribution is -2.51. The Hall–Kier alpha value is -3.13. The maximum Gasteiger partial charge on any atom is 0.341 e. The molecule has 0 radical (unpaired) electrons. The molecule has 1 aliphatic heterocycles. The van der Waals surface area contributed by atoms with Crippen molar-refractivity contribution < 1.29 is 23.9 Å². The summed E-state index contributed by atoms with van der Waals surface area (Å²) in [5.41, 5.74) is 0.565. The van der Waals surface area contributed by atoms with E-state index in [0.717, 1.165) is 0 Å². The highest BCUT2D eigenvalue weighted by molar-refractivity contribution is 6.32. The van der Waals surface area contributed by atoms with Crippen LogP contribution in [0.25, 0.3) is 0 Å². The normalized spacial score (nSPS) is 15.3. The van der Waals surface area contributed by atoms with Crippen LogP contribution in [0.1, 0.15) is 10.4 Å². The first-order valence-electron chi connectivity index (χ1n) is 8.06. The molecule has 27 heavy (non-hydrogen) atoms. The number of fused-ring (bicyclic) bond motifs is 1. The van der Waals surface area contributed by atoms with Gasteiger partial charge in [-0.05, 0) is 24.3 Å². The van der Waals surface area contributed by atoms with Crippen LogP contribution in [0.15, 0.2) is 42.6 Å². The number of amides is 2. The van der Waals surface area contributed by atoms with Crippen molar-refractivity contribution in [1.29, 1.82) is 0 Å². The number of likely N-dealkylation sites (N-methyl/N-ethyl adjacent to an activating group) is 1. The van der Waals surface area contributed by atoms with Gasteiger partial charge in [-0.15, -0.1) is 0 Å². The number of para-hydroxylation sites is 2. The second-order valence-corrected chi connectivity index (χ2v) is 5.97. The van der Waals surface area contributed by atoms with Crippen molar-refractivity contribution in [3.05, 3.63) is 53.3 Å². The molecule has 1 aromatic carbocycles. The Kier molecular flexibility index (Phi) is 5.56. The molecule has 1 unspecified atom stereocenters.